The maximum absolute atomic E-state index is 5.87. The van der Waals surface area contributed by atoms with Crippen LogP contribution >= 0.6 is 0 Å². The molecule has 1 N–H and O–H groups in total. The van der Waals surface area contributed by atoms with Crippen molar-refractivity contribution in [2.45, 2.75) is 51.2 Å². The van der Waals surface area contributed by atoms with Crippen molar-refractivity contribution in [1.29, 1.82) is 0 Å². The minimum absolute atomic E-state index is 0.127. The van der Waals surface area contributed by atoms with Crippen molar-refractivity contribution in [2.24, 2.45) is 0 Å². The predicted octanol–water partition coefficient (Wildman–Crippen LogP) is 6.67. The Morgan fingerprint density at radius 2 is 1.11 bits per heavy atom. The average Bonchev–Trinajstić information content (AvgIpc) is 3.24. The first-order valence-corrected chi connectivity index (χ1v) is 18.8. The minimum atomic E-state index is 0.127. The lowest BCUT2D eigenvalue weighted by Crippen LogP contribution is -2.59. The van der Waals surface area contributed by atoms with Crippen molar-refractivity contribution >= 4 is 11.9 Å². The maximum Gasteiger partial charge on any atom is 0.244 e. The number of hydrazine groups is 1. The van der Waals surface area contributed by atoms with Crippen LogP contribution in [0.25, 0.3) is 22.3 Å². The molecule has 12 heteroatoms. The lowest BCUT2D eigenvalue weighted by Gasteiger charge is -2.47. The number of hydrogen-bond donors (Lipinski definition) is 1. The molecule has 0 bridgehead atoms. The van der Waals surface area contributed by atoms with Crippen LogP contribution in [-0.4, -0.2) is 91.0 Å². The predicted molar refractivity (Wildman–Crippen MR) is 211 cm³/mol. The van der Waals surface area contributed by atoms with Gasteiger partial charge in [0.1, 0.15) is 11.5 Å². The summed E-state index contributed by atoms with van der Waals surface area (Å²) in [4.78, 5) is 22.7. The van der Waals surface area contributed by atoms with Gasteiger partial charge >= 0.3 is 0 Å². The summed E-state index contributed by atoms with van der Waals surface area (Å²) >= 11 is 0. The molecule has 0 radical (unpaired) electrons. The minimum Gasteiger partial charge on any atom is -0.497 e. The van der Waals surface area contributed by atoms with Crippen LogP contribution < -0.4 is 34.3 Å². The van der Waals surface area contributed by atoms with Crippen molar-refractivity contribution in [3.05, 3.63) is 97.1 Å². The van der Waals surface area contributed by atoms with Crippen LogP contribution in [0.5, 0.6) is 23.0 Å². The molecule has 5 aromatic rings. The number of benzene rings is 3. The standard InChI is InChI=1S/C42H50N8O4/c1-5-54-40-24-30(6-15-39(40)53-4)29-48-22-18-36(19-23-48)50(42-46-27-34(28-47-42)32-9-13-38(52-3)14-10-32)49(35-16-20-43-21-17-35)41-44-25-33(26-45-41)31-7-11-37(51-2)12-8-31/h6-15,24-28,35-36,43H,5,16-23,29H2,1-4H3. The van der Waals surface area contributed by atoms with Gasteiger partial charge in [-0.2, -0.15) is 0 Å². The van der Waals surface area contributed by atoms with Crippen molar-refractivity contribution < 1.29 is 18.9 Å². The van der Waals surface area contributed by atoms with Crippen LogP contribution in [0.15, 0.2) is 91.5 Å². The molecule has 2 saturated heterocycles. The Morgan fingerprint density at radius 1 is 0.611 bits per heavy atom. The third-order valence-corrected chi connectivity index (χ3v) is 10.3. The number of piperidine rings is 2. The summed E-state index contributed by atoms with van der Waals surface area (Å²) in [7, 11) is 5.03. The number of nitrogens with zero attached hydrogens (tertiary/aromatic N) is 7. The molecule has 0 atom stereocenters. The Bertz CT molecular complexity index is 1910. The van der Waals surface area contributed by atoms with E-state index in [0.29, 0.717) is 18.5 Å². The zero-order valence-electron chi connectivity index (χ0n) is 31.6. The van der Waals surface area contributed by atoms with Crippen LogP contribution in [0.2, 0.25) is 0 Å². The van der Waals surface area contributed by atoms with E-state index >= 15 is 0 Å². The molecular formula is C42H50N8O4. The molecule has 2 aliphatic heterocycles. The van der Waals surface area contributed by atoms with E-state index in [1.54, 1.807) is 21.3 Å². The van der Waals surface area contributed by atoms with E-state index in [1.165, 1.54) is 5.56 Å². The molecule has 7 rings (SSSR count). The fourth-order valence-corrected chi connectivity index (χ4v) is 7.33. The lowest BCUT2D eigenvalue weighted by molar-refractivity contribution is 0.196. The number of aromatic nitrogens is 4. The van der Waals surface area contributed by atoms with E-state index < -0.39 is 0 Å². The third kappa shape index (κ3) is 8.50. The number of methoxy groups -OCH3 is 3. The highest BCUT2D eigenvalue weighted by molar-refractivity contribution is 5.65. The monoisotopic (exact) mass is 730 g/mol. The Morgan fingerprint density at radius 3 is 1.57 bits per heavy atom. The normalized spacial score (nSPS) is 15.4. The second-order valence-electron chi connectivity index (χ2n) is 13.6. The Kier molecular flexibility index (Phi) is 12.0. The number of nitrogens with one attached hydrogen (secondary N) is 1. The molecule has 0 unspecified atom stereocenters. The quantitative estimate of drug-likeness (QED) is 0.123. The van der Waals surface area contributed by atoms with Gasteiger partial charge in [-0.15, -0.1) is 0 Å². The van der Waals surface area contributed by atoms with E-state index in [1.807, 2.05) is 86.3 Å². The van der Waals surface area contributed by atoms with Crippen molar-refractivity contribution in [1.82, 2.24) is 30.2 Å². The van der Waals surface area contributed by atoms with Crippen LogP contribution in [0.1, 0.15) is 38.2 Å². The molecule has 0 amide bonds. The highest BCUT2D eigenvalue weighted by Crippen LogP contribution is 2.33. The van der Waals surface area contributed by atoms with Gasteiger partial charge in [-0.1, -0.05) is 30.3 Å². The van der Waals surface area contributed by atoms with Crippen LogP contribution in [-0.2, 0) is 6.54 Å². The highest BCUT2D eigenvalue weighted by atomic mass is 16.5. The summed E-state index contributed by atoms with van der Waals surface area (Å²) in [6, 6.07) is 22.5. The van der Waals surface area contributed by atoms with E-state index in [0.717, 1.165) is 104 Å². The molecule has 2 aromatic heterocycles. The van der Waals surface area contributed by atoms with Gasteiger partial charge < -0.3 is 24.3 Å². The summed E-state index contributed by atoms with van der Waals surface area (Å²) in [5, 5.41) is 8.13. The summed E-state index contributed by atoms with van der Waals surface area (Å²) < 4.78 is 22.2. The Balaban J connectivity index is 1.19. The average molecular weight is 731 g/mol. The molecule has 0 saturated carbocycles. The third-order valence-electron chi connectivity index (χ3n) is 10.3. The summed E-state index contributed by atoms with van der Waals surface area (Å²) in [5.41, 5.74) is 5.14. The highest BCUT2D eigenvalue weighted by Gasteiger charge is 2.36. The SMILES string of the molecule is CCOc1cc(CN2CCC(N(c3ncc(-c4ccc(OC)cc4)cn3)N(c3ncc(-c4ccc(OC)cc4)cn3)C3CCNCC3)CC2)ccc1OC. The van der Waals surface area contributed by atoms with E-state index in [9.17, 15) is 0 Å². The molecule has 4 heterocycles. The van der Waals surface area contributed by atoms with E-state index in [2.05, 4.69) is 32.4 Å². The maximum atomic E-state index is 5.87. The second-order valence-corrected chi connectivity index (χ2v) is 13.6. The van der Waals surface area contributed by atoms with Crippen molar-refractivity contribution in [2.75, 3.05) is 64.1 Å². The van der Waals surface area contributed by atoms with Crippen LogP contribution in [0, 0.1) is 0 Å². The fraction of sp³-hybridized carbons (Fsp3) is 0.381. The summed E-state index contributed by atoms with van der Waals surface area (Å²) in [6.07, 6.45) is 11.4. The zero-order chi connectivity index (χ0) is 37.3. The largest absolute Gasteiger partial charge is 0.497 e. The fourth-order valence-electron chi connectivity index (χ4n) is 7.33. The van der Waals surface area contributed by atoms with Gasteiger partial charge in [0.15, 0.2) is 11.5 Å². The molecule has 0 spiro atoms. The molecule has 2 aliphatic rings. The van der Waals surface area contributed by atoms with Crippen molar-refractivity contribution in [3.8, 4) is 45.3 Å². The second kappa shape index (κ2) is 17.6. The van der Waals surface area contributed by atoms with Gasteiger partial charge in [-0.25, -0.2) is 30.0 Å². The number of rotatable bonds is 14. The molecular weight excluding hydrogens is 681 g/mol. The molecule has 0 aliphatic carbocycles. The lowest BCUT2D eigenvalue weighted by atomic mass is 10.0. The van der Waals surface area contributed by atoms with Gasteiger partial charge in [0.05, 0.1) is 40.0 Å². The van der Waals surface area contributed by atoms with Crippen LogP contribution in [0.4, 0.5) is 11.9 Å². The molecule has 2 fully saturated rings. The number of ether oxygens (including phenoxy) is 4. The number of likely N-dealkylation sites (tertiary alicyclic amines) is 1. The molecule has 54 heavy (non-hydrogen) atoms. The summed E-state index contributed by atoms with van der Waals surface area (Å²) in [5.74, 6) is 4.45. The van der Waals surface area contributed by atoms with Crippen LogP contribution in [0.3, 0.4) is 0 Å². The first kappa shape index (κ1) is 36.9. The van der Waals surface area contributed by atoms with Crippen molar-refractivity contribution in [3.63, 3.8) is 0 Å². The Labute approximate surface area is 318 Å². The Hall–Kier alpha value is -5.46. The number of hydrogen-bond acceptors (Lipinski definition) is 12. The number of anilines is 2. The molecule has 3 aromatic carbocycles. The van der Waals surface area contributed by atoms with Gasteiger partial charge in [0.25, 0.3) is 0 Å². The van der Waals surface area contributed by atoms with Gasteiger partial charge in [-0.3, -0.25) is 4.90 Å². The zero-order valence-corrected chi connectivity index (χ0v) is 31.6. The van der Waals surface area contributed by atoms with Gasteiger partial charge in [0, 0.05) is 55.5 Å². The first-order chi connectivity index (χ1) is 26.6. The molecule has 12 nitrogen and oxygen atoms in total. The smallest absolute Gasteiger partial charge is 0.244 e. The van der Waals surface area contributed by atoms with E-state index in [4.69, 9.17) is 38.9 Å². The first-order valence-electron chi connectivity index (χ1n) is 18.8. The topological polar surface area (TPSA) is 110 Å². The van der Waals surface area contributed by atoms with Gasteiger partial charge in [0.2, 0.25) is 11.9 Å². The molecule has 282 valence electrons. The van der Waals surface area contributed by atoms with Gasteiger partial charge in [-0.05, 0) is 98.8 Å². The van der Waals surface area contributed by atoms with E-state index in [-0.39, 0.29) is 12.1 Å². The summed E-state index contributed by atoms with van der Waals surface area (Å²) in [6.45, 7) is 7.08.